The number of hydrogen-bond acceptors (Lipinski definition) is 5. The second kappa shape index (κ2) is 10.8. The number of pyridine rings is 1. The first-order valence-corrected chi connectivity index (χ1v) is 10.6. The molecule has 1 aliphatic carbocycles. The number of aromatic nitrogens is 1. The van der Waals surface area contributed by atoms with Gasteiger partial charge in [-0.05, 0) is 68.6 Å². The van der Waals surface area contributed by atoms with Gasteiger partial charge in [-0.3, -0.25) is 4.79 Å². The number of carbonyl (C=O) groups excluding carboxylic acids is 1. The van der Waals surface area contributed by atoms with E-state index in [-0.39, 0.29) is 5.91 Å². The topological polar surface area (TPSA) is 66.5 Å². The average molecular weight is 397 g/mol. The highest BCUT2D eigenvalue weighted by atomic mass is 16.5. The molecule has 1 fully saturated rings. The van der Waals surface area contributed by atoms with Crippen molar-refractivity contribution in [2.24, 2.45) is 0 Å². The van der Waals surface area contributed by atoms with E-state index < -0.39 is 0 Å². The summed E-state index contributed by atoms with van der Waals surface area (Å²) in [6.45, 7) is 4.83. The van der Waals surface area contributed by atoms with Crippen LogP contribution in [0, 0.1) is 0 Å². The summed E-state index contributed by atoms with van der Waals surface area (Å²) in [5.41, 5.74) is 1.28. The Labute approximate surface area is 173 Å². The van der Waals surface area contributed by atoms with E-state index in [1.165, 1.54) is 12.8 Å². The Balaban J connectivity index is 1.44. The lowest BCUT2D eigenvalue weighted by molar-refractivity contribution is 0.102. The van der Waals surface area contributed by atoms with Crippen molar-refractivity contribution >= 4 is 17.4 Å². The third-order valence-corrected chi connectivity index (χ3v) is 4.96. The summed E-state index contributed by atoms with van der Waals surface area (Å²) in [5, 5.41) is 6.42. The lowest BCUT2D eigenvalue weighted by Crippen LogP contribution is -2.25. The maximum atomic E-state index is 12.4. The van der Waals surface area contributed by atoms with E-state index in [2.05, 4.69) is 27.4 Å². The fraction of sp³-hybridized carbons (Fsp3) is 0.478. The van der Waals surface area contributed by atoms with Crippen molar-refractivity contribution in [2.75, 3.05) is 37.0 Å². The minimum absolute atomic E-state index is 0.154. The molecule has 0 radical (unpaired) electrons. The van der Waals surface area contributed by atoms with E-state index in [0.717, 1.165) is 50.0 Å². The van der Waals surface area contributed by atoms with E-state index in [1.54, 1.807) is 18.3 Å². The van der Waals surface area contributed by atoms with Crippen LogP contribution in [0.1, 0.15) is 49.4 Å². The molecule has 0 saturated heterocycles. The summed E-state index contributed by atoms with van der Waals surface area (Å²) in [6, 6.07) is 11.8. The largest absolute Gasteiger partial charge is 0.494 e. The number of amides is 1. The van der Waals surface area contributed by atoms with Crippen molar-refractivity contribution in [1.82, 2.24) is 10.3 Å². The molecular weight excluding hydrogens is 364 g/mol. The lowest BCUT2D eigenvalue weighted by atomic mass is 10.2. The van der Waals surface area contributed by atoms with Gasteiger partial charge >= 0.3 is 0 Å². The highest BCUT2D eigenvalue weighted by molar-refractivity contribution is 6.04. The van der Waals surface area contributed by atoms with Crippen LogP contribution in [0.5, 0.6) is 5.75 Å². The molecule has 2 aromatic rings. The Morgan fingerprint density at radius 1 is 1.17 bits per heavy atom. The van der Waals surface area contributed by atoms with Crippen LogP contribution in [0.2, 0.25) is 0 Å². The zero-order valence-electron chi connectivity index (χ0n) is 17.5. The van der Waals surface area contributed by atoms with Gasteiger partial charge in [-0.25, -0.2) is 4.98 Å². The Bertz CT molecular complexity index is 757. The summed E-state index contributed by atoms with van der Waals surface area (Å²) in [4.78, 5) is 19.1. The van der Waals surface area contributed by atoms with Crippen LogP contribution < -0.4 is 20.3 Å². The molecule has 6 heteroatoms. The Morgan fingerprint density at radius 3 is 2.62 bits per heavy atom. The van der Waals surface area contributed by atoms with Crippen molar-refractivity contribution in [2.45, 2.75) is 45.1 Å². The van der Waals surface area contributed by atoms with Gasteiger partial charge in [0.1, 0.15) is 11.6 Å². The van der Waals surface area contributed by atoms with Crippen LogP contribution in [-0.4, -0.2) is 43.7 Å². The molecule has 0 bridgehead atoms. The summed E-state index contributed by atoms with van der Waals surface area (Å²) in [7, 11) is 2.04. The summed E-state index contributed by atoms with van der Waals surface area (Å²) in [6.07, 6.45) is 7.56. The first kappa shape index (κ1) is 21.1. The van der Waals surface area contributed by atoms with E-state index in [0.29, 0.717) is 17.9 Å². The molecule has 156 valence electrons. The predicted octanol–water partition coefficient (Wildman–Crippen LogP) is 4.09. The van der Waals surface area contributed by atoms with Gasteiger partial charge in [0.15, 0.2) is 0 Å². The number of hydrogen-bond donors (Lipinski definition) is 2. The first-order valence-electron chi connectivity index (χ1n) is 10.6. The molecule has 0 atom stereocenters. The van der Waals surface area contributed by atoms with E-state index in [9.17, 15) is 4.79 Å². The molecule has 3 rings (SSSR count). The second-order valence-corrected chi connectivity index (χ2v) is 7.59. The van der Waals surface area contributed by atoms with E-state index in [1.807, 2.05) is 31.3 Å². The van der Waals surface area contributed by atoms with Crippen molar-refractivity contribution < 1.29 is 9.53 Å². The second-order valence-electron chi connectivity index (χ2n) is 7.59. The maximum absolute atomic E-state index is 12.4. The van der Waals surface area contributed by atoms with Gasteiger partial charge in [-0.2, -0.15) is 0 Å². The fourth-order valence-electron chi connectivity index (χ4n) is 2.95. The summed E-state index contributed by atoms with van der Waals surface area (Å²) in [5.74, 6) is 1.54. The number of carbonyl (C=O) groups is 1. The number of benzene rings is 1. The highest BCUT2D eigenvalue weighted by Gasteiger charge is 2.19. The van der Waals surface area contributed by atoms with E-state index in [4.69, 9.17) is 4.74 Å². The molecular formula is C23H32N4O2. The molecule has 6 nitrogen and oxygen atoms in total. The normalized spacial score (nSPS) is 13.2. The number of unbranched alkanes of at least 4 members (excludes halogenated alkanes) is 1. The number of nitrogens with zero attached hydrogens (tertiary/aromatic N) is 2. The molecule has 0 unspecified atom stereocenters. The van der Waals surface area contributed by atoms with Crippen LogP contribution in [-0.2, 0) is 0 Å². The number of ether oxygens (including phenoxy) is 1. The van der Waals surface area contributed by atoms with Crippen molar-refractivity contribution in [3.05, 3.63) is 48.2 Å². The molecule has 1 aromatic heterocycles. The highest BCUT2D eigenvalue weighted by Crippen LogP contribution is 2.19. The molecule has 29 heavy (non-hydrogen) atoms. The summed E-state index contributed by atoms with van der Waals surface area (Å²) >= 11 is 0. The van der Waals surface area contributed by atoms with Crippen LogP contribution in [0.15, 0.2) is 42.6 Å². The SMILES string of the molecule is CCCCOc1ccc(C(=O)Nc2ccc(N(C)CCCNC3CC3)nc2)cc1. The van der Waals surface area contributed by atoms with Gasteiger partial charge in [0.25, 0.3) is 5.91 Å². The minimum Gasteiger partial charge on any atom is -0.494 e. The van der Waals surface area contributed by atoms with Crippen LogP contribution >= 0.6 is 0 Å². The van der Waals surface area contributed by atoms with Crippen LogP contribution in [0.25, 0.3) is 0 Å². The third-order valence-electron chi connectivity index (χ3n) is 4.96. The van der Waals surface area contributed by atoms with E-state index >= 15 is 0 Å². The first-order chi connectivity index (χ1) is 14.2. The summed E-state index contributed by atoms with van der Waals surface area (Å²) < 4.78 is 5.63. The van der Waals surface area contributed by atoms with Gasteiger partial charge < -0.3 is 20.3 Å². The van der Waals surface area contributed by atoms with Crippen molar-refractivity contribution in [3.8, 4) is 5.75 Å². The predicted molar refractivity (Wildman–Crippen MR) is 118 cm³/mol. The monoisotopic (exact) mass is 396 g/mol. The van der Waals surface area contributed by atoms with Crippen molar-refractivity contribution in [3.63, 3.8) is 0 Å². The molecule has 1 aliphatic rings. The fourth-order valence-corrected chi connectivity index (χ4v) is 2.95. The molecule has 1 amide bonds. The van der Waals surface area contributed by atoms with Gasteiger partial charge in [0.2, 0.25) is 0 Å². The van der Waals surface area contributed by atoms with Gasteiger partial charge in [-0.1, -0.05) is 13.3 Å². The van der Waals surface area contributed by atoms with Gasteiger partial charge in [-0.15, -0.1) is 0 Å². The van der Waals surface area contributed by atoms with Gasteiger partial charge in [0, 0.05) is 25.2 Å². The van der Waals surface area contributed by atoms with Crippen LogP contribution in [0.4, 0.5) is 11.5 Å². The molecule has 1 saturated carbocycles. The average Bonchev–Trinajstić information content (AvgIpc) is 3.57. The third kappa shape index (κ3) is 7.06. The Hall–Kier alpha value is -2.60. The van der Waals surface area contributed by atoms with Crippen molar-refractivity contribution in [1.29, 1.82) is 0 Å². The molecule has 2 N–H and O–H groups in total. The van der Waals surface area contributed by atoms with Gasteiger partial charge in [0.05, 0.1) is 18.5 Å². The quantitative estimate of drug-likeness (QED) is 0.529. The van der Waals surface area contributed by atoms with Crippen LogP contribution in [0.3, 0.4) is 0 Å². The molecule has 1 heterocycles. The number of rotatable bonds is 12. The zero-order valence-corrected chi connectivity index (χ0v) is 17.5. The molecule has 0 spiro atoms. The minimum atomic E-state index is -0.154. The lowest BCUT2D eigenvalue weighted by Gasteiger charge is -2.18. The number of anilines is 2. The molecule has 0 aliphatic heterocycles. The standard InChI is InChI=1S/C23H32N4O2/c1-3-4-16-29-21-11-6-18(7-12-21)23(28)26-20-10-13-22(25-17-20)27(2)15-5-14-24-19-8-9-19/h6-7,10-13,17,19,24H,3-5,8-9,14-16H2,1-2H3,(H,26,28). The smallest absolute Gasteiger partial charge is 0.255 e. The Kier molecular flexibility index (Phi) is 7.87. The maximum Gasteiger partial charge on any atom is 0.255 e. The Morgan fingerprint density at radius 2 is 1.97 bits per heavy atom. The number of nitrogens with one attached hydrogen (secondary N) is 2. The zero-order chi connectivity index (χ0) is 20.5. The molecule has 1 aromatic carbocycles.